The first-order chi connectivity index (χ1) is 8.50. The van der Waals surface area contributed by atoms with Crippen LogP contribution in [0.2, 0.25) is 0 Å². The van der Waals surface area contributed by atoms with Gasteiger partial charge in [0, 0.05) is 6.04 Å². The number of halogens is 3. The van der Waals surface area contributed by atoms with Gasteiger partial charge < -0.3 is 5.32 Å². The molecule has 19 heavy (non-hydrogen) atoms. The van der Waals surface area contributed by atoms with Gasteiger partial charge in [-0.25, -0.2) is 21.9 Å². The molecule has 2 unspecified atom stereocenters. The summed E-state index contributed by atoms with van der Waals surface area (Å²) in [4.78, 5) is -0.886. The third-order valence-electron chi connectivity index (χ3n) is 3.57. The van der Waals surface area contributed by atoms with Crippen molar-refractivity contribution < 1.29 is 17.2 Å². The summed E-state index contributed by atoms with van der Waals surface area (Å²) in [7, 11) is -4.13. The fraction of sp³-hybridized carbons (Fsp3) is 0.455. The van der Waals surface area contributed by atoms with Gasteiger partial charge in [0.25, 0.3) is 0 Å². The predicted octanol–water partition coefficient (Wildman–Crippen LogP) is 0.883. The first kappa shape index (κ1) is 14.6. The Morgan fingerprint density at radius 2 is 1.68 bits per heavy atom. The summed E-state index contributed by atoms with van der Waals surface area (Å²) >= 11 is 0. The SMILES string of the molecule is Cl.O=S(=O)(NC1C2CNCC21)c1c(F)cccc1F. The second kappa shape index (κ2) is 4.97. The third-order valence-corrected chi connectivity index (χ3v) is 5.08. The summed E-state index contributed by atoms with van der Waals surface area (Å²) < 4.78 is 53.1. The van der Waals surface area contributed by atoms with E-state index in [1.165, 1.54) is 0 Å². The van der Waals surface area contributed by atoms with Gasteiger partial charge in [-0.2, -0.15) is 0 Å². The normalized spacial score (nSPS) is 28.6. The first-order valence-corrected chi connectivity index (χ1v) is 7.16. The minimum Gasteiger partial charge on any atom is -0.316 e. The van der Waals surface area contributed by atoms with Gasteiger partial charge in [0.1, 0.15) is 11.6 Å². The molecule has 0 spiro atoms. The molecule has 1 saturated carbocycles. The van der Waals surface area contributed by atoms with Crippen molar-refractivity contribution in [2.24, 2.45) is 11.8 Å². The largest absolute Gasteiger partial charge is 0.316 e. The van der Waals surface area contributed by atoms with Crippen molar-refractivity contribution in [3.63, 3.8) is 0 Å². The number of hydrogen-bond acceptors (Lipinski definition) is 3. The molecule has 1 heterocycles. The number of sulfonamides is 1. The molecular formula is C11H13ClF2N2O2S. The zero-order chi connectivity index (χ0) is 12.9. The van der Waals surface area contributed by atoms with Crippen molar-refractivity contribution >= 4 is 22.4 Å². The molecule has 2 aliphatic rings. The lowest BCUT2D eigenvalue weighted by atomic mass is 10.3. The summed E-state index contributed by atoms with van der Waals surface area (Å²) in [5, 5.41) is 3.12. The molecule has 2 fully saturated rings. The summed E-state index contributed by atoms with van der Waals surface area (Å²) in [6, 6.07) is 2.81. The van der Waals surface area contributed by atoms with Gasteiger partial charge in [0.2, 0.25) is 10.0 Å². The lowest BCUT2D eigenvalue weighted by Gasteiger charge is -2.10. The van der Waals surface area contributed by atoms with Crippen LogP contribution in [0.3, 0.4) is 0 Å². The highest BCUT2D eigenvalue weighted by molar-refractivity contribution is 7.89. The van der Waals surface area contributed by atoms with Crippen LogP contribution in [0, 0.1) is 23.5 Å². The molecule has 1 aliphatic heterocycles. The second-order valence-electron chi connectivity index (χ2n) is 4.68. The Kier molecular flexibility index (Phi) is 3.83. The summed E-state index contributed by atoms with van der Waals surface area (Å²) in [6.07, 6.45) is 0. The molecule has 0 bridgehead atoms. The Morgan fingerprint density at radius 3 is 2.21 bits per heavy atom. The molecule has 2 N–H and O–H groups in total. The zero-order valence-corrected chi connectivity index (χ0v) is 11.4. The number of rotatable bonds is 3. The van der Waals surface area contributed by atoms with Crippen LogP contribution in [0.25, 0.3) is 0 Å². The van der Waals surface area contributed by atoms with Gasteiger partial charge in [-0.3, -0.25) is 0 Å². The van der Waals surface area contributed by atoms with Crippen molar-refractivity contribution in [2.75, 3.05) is 13.1 Å². The summed E-state index contributed by atoms with van der Waals surface area (Å²) in [6.45, 7) is 1.50. The standard InChI is InChI=1S/C11H12F2N2O2S.ClH/c12-8-2-1-3-9(13)11(8)18(16,17)15-10-6-4-14-5-7(6)10;/h1-3,6-7,10,14-15H,4-5H2;1H. The number of benzene rings is 1. The second-order valence-corrected chi connectivity index (χ2v) is 6.33. The Labute approximate surface area is 116 Å². The van der Waals surface area contributed by atoms with Crippen LogP contribution in [0.5, 0.6) is 0 Å². The third kappa shape index (κ3) is 2.47. The van der Waals surface area contributed by atoms with Gasteiger partial charge in [-0.15, -0.1) is 12.4 Å². The maximum absolute atomic E-state index is 13.4. The minimum absolute atomic E-state index is 0. The van der Waals surface area contributed by atoms with E-state index in [0.717, 1.165) is 31.3 Å². The number of fused-ring (bicyclic) bond motifs is 1. The maximum Gasteiger partial charge on any atom is 0.246 e. The van der Waals surface area contributed by atoms with E-state index in [9.17, 15) is 17.2 Å². The van der Waals surface area contributed by atoms with Crippen LogP contribution >= 0.6 is 12.4 Å². The molecule has 8 heteroatoms. The monoisotopic (exact) mass is 310 g/mol. The van der Waals surface area contributed by atoms with Gasteiger partial charge in [0.15, 0.2) is 4.90 Å². The Bertz CT molecular complexity index is 566. The molecule has 4 nitrogen and oxygen atoms in total. The van der Waals surface area contributed by atoms with Gasteiger partial charge in [-0.05, 0) is 37.1 Å². The van der Waals surface area contributed by atoms with E-state index in [2.05, 4.69) is 10.0 Å². The number of piperidine rings is 1. The smallest absolute Gasteiger partial charge is 0.246 e. The lowest BCUT2D eigenvalue weighted by molar-refractivity contribution is 0.510. The van der Waals surface area contributed by atoms with Gasteiger partial charge in [-0.1, -0.05) is 6.07 Å². The molecule has 1 saturated heterocycles. The Balaban J connectivity index is 0.00000133. The average Bonchev–Trinajstić information content (AvgIpc) is 2.74. The highest BCUT2D eigenvalue weighted by Gasteiger charge is 2.54. The van der Waals surface area contributed by atoms with E-state index in [0.29, 0.717) is 0 Å². The number of nitrogens with one attached hydrogen (secondary N) is 2. The zero-order valence-electron chi connectivity index (χ0n) is 9.77. The van der Waals surface area contributed by atoms with E-state index in [1.807, 2.05) is 0 Å². The Hall–Kier alpha value is -0.760. The van der Waals surface area contributed by atoms with Crippen LogP contribution in [0.15, 0.2) is 23.1 Å². The molecule has 0 radical (unpaired) electrons. The number of hydrogen-bond donors (Lipinski definition) is 2. The Morgan fingerprint density at radius 1 is 1.16 bits per heavy atom. The van der Waals surface area contributed by atoms with E-state index in [-0.39, 0.29) is 30.3 Å². The molecule has 1 aromatic carbocycles. The predicted molar refractivity (Wildman–Crippen MR) is 67.6 cm³/mol. The molecule has 3 rings (SSSR count). The van der Waals surface area contributed by atoms with Crippen LogP contribution in [0.1, 0.15) is 0 Å². The molecule has 2 atom stereocenters. The van der Waals surface area contributed by atoms with E-state index in [4.69, 9.17) is 0 Å². The highest BCUT2D eigenvalue weighted by Crippen LogP contribution is 2.42. The highest BCUT2D eigenvalue weighted by atomic mass is 35.5. The van der Waals surface area contributed by atoms with E-state index >= 15 is 0 Å². The topological polar surface area (TPSA) is 58.2 Å². The molecule has 0 aromatic heterocycles. The van der Waals surface area contributed by atoms with Crippen molar-refractivity contribution in [1.82, 2.24) is 10.0 Å². The van der Waals surface area contributed by atoms with E-state index < -0.39 is 26.6 Å². The molecule has 106 valence electrons. The van der Waals surface area contributed by atoms with Crippen LogP contribution in [-0.2, 0) is 10.0 Å². The average molecular weight is 311 g/mol. The fourth-order valence-corrected chi connectivity index (χ4v) is 4.05. The molecule has 0 amide bonds. The van der Waals surface area contributed by atoms with Crippen molar-refractivity contribution in [3.8, 4) is 0 Å². The quantitative estimate of drug-likeness (QED) is 0.871. The van der Waals surface area contributed by atoms with Crippen LogP contribution < -0.4 is 10.0 Å². The minimum atomic E-state index is -4.13. The van der Waals surface area contributed by atoms with Gasteiger partial charge >= 0.3 is 0 Å². The summed E-state index contributed by atoms with van der Waals surface area (Å²) in [5.41, 5.74) is 0. The molecule has 1 aliphatic carbocycles. The fourth-order valence-electron chi connectivity index (χ4n) is 2.57. The van der Waals surface area contributed by atoms with Crippen LogP contribution in [0.4, 0.5) is 8.78 Å². The van der Waals surface area contributed by atoms with Crippen molar-refractivity contribution in [1.29, 1.82) is 0 Å². The maximum atomic E-state index is 13.4. The summed E-state index contributed by atoms with van der Waals surface area (Å²) in [5.74, 6) is -1.64. The van der Waals surface area contributed by atoms with Crippen LogP contribution in [-0.4, -0.2) is 27.5 Å². The van der Waals surface area contributed by atoms with Crippen molar-refractivity contribution in [3.05, 3.63) is 29.8 Å². The molecular weight excluding hydrogens is 298 g/mol. The van der Waals surface area contributed by atoms with Gasteiger partial charge in [0.05, 0.1) is 0 Å². The molecule has 1 aromatic rings. The van der Waals surface area contributed by atoms with Crippen molar-refractivity contribution in [2.45, 2.75) is 10.9 Å². The lowest BCUT2D eigenvalue weighted by Crippen LogP contribution is -2.33. The first-order valence-electron chi connectivity index (χ1n) is 5.68. The van der Waals surface area contributed by atoms with E-state index in [1.54, 1.807) is 0 Å².